The molecule has 206 valence electrons. The van der Waals surface area contributed by atoms with Crippen LogP contribution in [0.3, 0.4) is 0 Å². The van der Waals surface area contributed by atoms with Crippen LogP contribution in [0.1, 0.15) is 49.7 Å². The minimum Gasteiger partial charge on any atom is -0.490 e. The molecule has 3 aromatic rings. The number of para-hydroxylation sites is 2. The summed E-state index contributed by atoms with van der Waals surface area (Å²) >= 11 is 0. The van der Waals surface area contributed by atoms with Crippen LogP contribution < -0.4 is 15.6 Å². The first kappa shape index (κ1) is 27.7. The number of amides is 2. The zero-order chi connectivity index (χ0) is 28.1. The highest BCUT2D eigenvalue weighted by Crippen LogP contribution is 2.25. The number of halogens is 1. The number of H-pyrrole nitrogens is 1. The lowest BCUT2D eigenvalue weighted by Crippen LogP contribution is -2.54. The van der Waals surface area contributed by atoms with E-state index in [9.17, 15) is 23.6 Å². The van der Waals surface area contributed by atoms with E-state index in [1.807, 2.05) is 13.8 Å². The van der Waals surface area contributed by atoms with Crippen molar-refractivity contribution in [3.63, 3.8) is 0 Å². The van der Waals surface area contributed by atoms with Crippen molar-refractivity contribution >= 4 is 28.8 Å². The number of rotatable bonds is 8. The number of esters is 1. The van der Waals surface area contributed by atoms with Gasteiger partial charge in [-0.15, -0.1) is 0 Å². The molecule has 0 aliphatic carbocycles. The van der Waals surface area contributed by atoms with Gasteiger partial charge in [0.15, 0.2) is 5.69 Å². The quantitative estimate of drug-likeness (QED) is 0.422. The topological polar surface area (TPSA) is 131 Å². The van der Waals surface area contributed by atoms with Gasteiger partial charge in [-0.2, -0.15) is 0 Å². The fraction of sp³-hybridized carbons (Fsp3) is 0.393. The maximum atomic E-state index is 13.7. The van der Waals surface area contributed by atoms with Crippen LogP contribution in [0, 0.1) is 11.7 Å². The molecular weight excluding hydrogens is 507 g/mol. The van der Waals surface area contributed by atoms with E-state index < -0.39 is 29.3 Å². The molecule has 0 spiro atoms. The van der Waals surface area contributed by atoms with Gasteiger partial charge in [-0.05, 0) is 36.2 Å². The molecule has 0 bridgehead atoms. The third-order valence-corrected chi connectivity index (χ3v) is 6.53. The first-order chi connectivity index (χ1) is 18.6. The number of hydrogen-bond donors (Lipinski definition) is 2. The molecule has 1 aliphatic rings. The summed E-state index contributed by atoms with van der Waals surface area (Å²) in [6.45, 7) is 5.57. The smallest absolute Gasteiger partial charge is 0.302 e. The van der Waals surface area contributed by atoms with E-state index in [1.54, 1.807) is 29.2 Å². The number of carbonyl (C=O) groups is 3. The van der Waals surface area contributed by atoms with Crippen LogP contribution in [0.2, 0.25) is 0 Å². The monoisotopic (exact) mass is 538 g/mol. The van der Waals surface area contributed by atoms with Crippen LogP contribution in [-0.2, 0) is 20.9 Å². The van der Waals surface area contributed by atoms with Crippen molar-refractivity contribution in [2.75, 3.05) is 13.1 Å². The number of carbonyl (C=O) groups excluding carboxylic acids is 3. The van der Waals surface area contributed by atoms with Crippen molar-refractivity contribution in [2.24, 2.45) is 5.92 Å². The Morgan fingerprint density at radius 3 is 2.56 bits per heavy atom. The summed E-state index contributed by atoms with van der Waals surface area (Å²) < 4.78 is 24.8. The van der Waals surface area contributed by atoms with Gasteiger partial charge >= 0.3 is 5.97 Å². The fourth-order valence-electron chi connectivity index (χ4n) is 4.43. The van der Waals surface area contributed by atoms with Gasteiger partial charge in [0, 0.05) is 38.4 Å². The molecule has 2 heterocycles. The van der Waals surface area contributed by atoms with Crippen LogP contribution in [0.25, 0.3) is 11.0 Å². The average Bonchev–Trinajstić information content (AvgIpc) is 2.91. The molecule has 11 heteroatoms. The first-order valence-corrected chi connectivity index (χ1v) is 12.8. The van der Waals surface area contributed by atoms with E-state index in [-0.39, 0.29) is 30.2 Å². The Morgan fingerprint density at radius 2 is 1.87 bits per heavy atom. The summed E-state index contributed by atoms with van der Waals surface area (Å²) in [6, 6.07) is 10.1. The van der Waals surface area contributed by atoms with Crippen LogP contribution in [0.4, 0.5) is 4.39 Å². The molecule has 10 nitrogen and oxygen atoms in total. The second-order valence-electron chi connectivity index (χ2n) is 9.80. The standard InChI is InChI=1S/C28H31FN4O6/c1-16(2)24(32-27(36)25-26(35)31-22-7-5-4-6-21(22)30-25)28(37)33-12-10-20(11-13-33)39-23-9-8-19(29)14-18(23)15-38-17(3)34/h4-9,14,16,20,24H,10-13,15H2,1-3H3,(H,31,35)(H,32,36)/t24-/m0/s1. The van der Waals surface area contributed by atoms with Gasteiger partial charge < -0.3 is 24.7 Å². The Bertz CT molecular complexity index is 1430. The van der Waals surface area contributed by atoms with E-state index in [0.717, 1.165) is 0 Å². The highest BCUT2D eigenvalue weighted by molar-refractivity contribution is 5.97. The number of nitrogens with one attached hydrogen (secondary N) is 2. The highest BCUT2D eigenvalue weighted by Gasteiger charge is 2.33. The molecule has 1 atom stereocenters. The van der Waals surface area contributed by atoms with Crippen molar-refractivity contribution in [2.45, 2.75) is 52.4 Å². The summed E-state index contributed by atoms with van der Waals surface area (Å²) in [7, 11) is 0. The largest absolute Gasteiger partial charge is 0.490 e. The average molecular weight is 539 g/mol. The number of piperidine rings is 1. The maximum absolute atomic E-state index is 13.7. The summed E-state index contributed by atoms with van der Waals surface area (Å²) in [4.78, 5) is 58.5. The lowest BCUT2D eigenvalue weighted by molar-refractivity contribution is -0.142. The van der Waals surface area contributed by atoms with Crippen molar-refractivity contribution in [3.05, 3.63) is 69.9 Å². The minimum atomic E-state index is -0.852. The molecule has 1 saturated heterocycles. The fourth-order valence-corrected chi connectivity index (χ4v) is 4.43. The molecule has 39 heavy (non-hydrogen) atoms. The van der Waals surface area contributed by atoms with Gasteiger partial charge in [0.2, 0.25) is 5.91 Å². The number of ether oxygens (including phenoxy) is 2. The maximum Gasteiger partial charge on any atom is 0.302 e. The molecule has 0 radical (unpaired) electrons. The first-order valence-electron chi connectivity index (χ1n) is 12.8. The van der Waals surface area contributed by atoms with Crippen molar-refractivity contribution < 1.29 is 28.2 Å². The second-order valence-corrected chi connectivity index (χ2v) is 9.80. The molecule has 4 rings (SSSR count). The third-order valence-electron chi connectivity index (χ3n) is 6.53. The minimum absolute atomic E-state index is 0.107. The van der Waals surface area contributed by atoms with Gasteiger partial charge in [-0.3, -0.25) is 19.2 Å². The van der Waals surface area contributed by atoms with Gasteiger partial charge in [0.1, 0.15) is 30.3 Å². The normalized spacial score (nSPS) is 14.7. The van der Waals surface area contributed by atoms with Crippen molar-refractivity contribution in [3.8, 4) is 5.75 Å². The van der Waals surface area contributed by atoms with Gasteiger partial charge in [0.05, 0.1) is 11.0 Å². The predicted octanol–water partition coefficient (Wildman–Crippen LogP) is 2.95. The van der Waals surface area contributed by atoms with E-state index in [4.69, 9.17) is 9.47 Å². The number of aromatic amines is 1. The molecule has 0 saturated carbocycles. The number of benzene rings is 2. The molecule has 2 amide bonds. The van der Waals surface area contributed by atoms with Gasteiger partial charge in [-0.1, -0.05) is 26.0 Å². The van der Waals surface area contributed by atoms with Crippen LogP contribution >= 0.6 is 0 Å². The summed E-state index contributed by atoms with van der Waals surface area (Å²) in [5.41, 5.74) is 0.466. The second kappa shape index (κ2) is 12.1. The number of nitrogens with zero attached hydrogens (tertiary/aromatic N) is 2. The third kappa shape index (κ3) is 6.78. The number of likely N-dealkylation sites (tertiary alicyclic amines) is 1. The molecule has 2 aromatic carbocycles. The van der Waals surface area contributed by atoms with Gasteiger partial charge in [0.25, 0.3) is 11.5 Å². The lowest BCUT2D eigenvalue weighted by atomic mass is 10.00. The molecule has 1 fully saturated rings. The summed E-state index contributed by atoms with van der Waals surface area (Å²) in [5.74, 6) is -1.74. The molecule has 0 unspecified atom stereocenters. The molecular formula is C28H31FN4O6. The zero-order valence-electron chi connectivity index (χ0n) is 22.0. The Balaban J connectivity index is 1.39. The zero-order valence-corrected chi connectivity index (χ0v) is 22.0. The molecule has 1 aromatic heterocycles. The number of fused-ring (bicyclic) bond motifs is 1. The SMILES string of the molecule is CC(=O)OCc1cc(F)ccc1OC1CCN(C(=O)[C@@H](NC(=O)c2nc3ccccc3[nH]c2=O)C(C)C)CC1. The lowest BCUT2D eigenvalue weighted by Gasteiger charge is -2.35. The van der Waals surface area contributed by atoms with Crippen LogP contribution in [0.15, 0.2) is 47.3 Å². The Kier molecular flexibility index (Phi) is 8.58. The van der Waals surface area contributed by atoms with E-state index in [2.05, 4.69) is 15.3 Å². The van der Waals surface area contributed by atoms with Crippen LogP contribution in [-0.4, -0.2) is 57.9 Å². The van der Waals surface area contributed by atoms with Crippen molar-refractivity contribution in [1.82, 2.24) is 20.2 Å². The summed E-state index contributed by atoms with van der Waals surface area (Å²) in [5, 5.41) is 2.70. The molecule has 2 N–H and O–H groups in total. The number of hydrogen-bond acceptors (Lipinski definition) is 7. The van der Waals surface area contributed by atoms with Gasteiger partial charge in [-0.25, -0.2) is 9.37 Å². The van der Waals surface area contributed by atoms with Crippen molar-refractivity contribution in [1.29, 1.82) is 0 Å². The highest BCUT2D eigenvalue weighted by atomic mass is 19.1. The van der Waals surface area contributed by atoms with E-state index in [0.29, 0.717) is 48.3 Å². The Hall–Kier alpha value is -4.28. The van der Waals surface area contributed by atoms with Crippen LogP contribution in [0.5, 0.6) is 5.75 Å². The Morgan fingerprint density at radius 1 is 1.15 bits per heavy atom. The summed E-state index contributed by atoms with van der Waals surface area (Å²) in [6.07, 6.45) is 0.796. The Labute approximate surface area is 224 Å². The number of aromatic nitrogens is 2. The predicted molar refractivity (Wildman–Crippen MR) is 141 cm³/mol. The van der Waals surface area contributed by atoms with E-state index in [1.165, 1.54) is 25.1 Å². The molecule has 1 aliphatic heterocycles. The van der Waals surface area contributed by atoms with E-state index >= 15 is 0 Å².